The van der Waals surface area contributed by atoms with Gasteiger partial charge >= 0.3 is 5.97 Å². The van der Waals surface area contributed by atoms with Gasteiger partial charge in [0.15, 0.2) is 0 Å². The average molecular weight is 315 g/mol. The number of aliphatic hydroxyl groups excluding tert-OH is 1. The molecule has 8 heteroatoms. The summed E-state index contributed by atoms with van der Waals surface area (Å²) in [6, 6.07) is 4.90. The minimum absolute atomic E-state index is 0.105. The van der Waals surface area contributed by atoms with Crippen LogP contribution in [0.15, 0.2) is 24.3 Å². The second-order valence-corrected chi connectivity index (χ2v) is 4.60. The number of aliphatic carboxylic acids is 1. The second kappa shape index (κ2) is 8.23. The molecule has 0 spiro atoms. The van der Waals surface area contributed by atoms with Gasteiger partial charge in [0.25, 0.3) is 5.91 Å². The topological polar surface area (TPSA) is 116 Å². The van der Waals surface area contributed by atoms with Crippen LogP contribution in [0.25, 0.3) is 0 Å². The van der Waals surface area contributed by atoms with Gasteiger partial charge in [-0.05, 0) is 24.3 Å². The molecule has 7 nitrogen and oxygen atoms in total. The van der Waals surface area contributed by atoms with Gasteiger partial charge in [-0.15, -0.1) is 0 Å². The summed E-state index contributed by atoms with van der Waals surface area (Å²) >= 11 is 5.69. The number of benzene rings is 1. The molecule has 0 saturated heterocycles. The maximum absolute atomic E-state index is 11.7. The summed E-state index contributed by atoms with van der Waals surface area (Å²) in [7, 11) is 0. The van der Waals surface area contributed by atoms with E-state index in [4.69, 9.17) is 21.8 Å². The smallest absolute Gasteiger partial charge is 0.326 e. The first-order valence-corrected chi connectivity index (χ1v) is 6.48. The Morgan fingerprint density at radius 3 is 2.33 bits per heavy atom. The van der Waals surface area contributed by atoms with Gasteiger partial charge in [0.1, 0.15) is 6.04 Å². The highest BCUT2D eigenvalue weighted by molar-refractivity contribution is 6.30. The minimum atomic E-state index is -1.25. The Hall–Kier alpha value is -2.12. The molecule has 4 N–H and O–H groups in total. The van der Waals surface area contributed by atoms with Gasteiger partial charge in [0.2, 0.25) is 5.91 Å². The van der Waals surface area contributed by atoms with Crippen LogP contribution in [-0.2, 0) is 9.59 Å². The van der Waals surface area contributed by atoms with Crippen molar-refractivity contribution in [1.82, 2.24) is 10.6 Å². The van der Waals surface area contributed by atoms with E-state index in [1.165, 1.54) is 24.3 Å². The highest BCUT2D eigenvalue weighted by atomic mass is 35.5. The summed E-state index contributed by atoms with van der Waals surface area (Å²) in [4.78, 5) is 34.0. The fraction of sp³-hybridized carbons (Fsp3) is 0.308. The van der Waals surface area contributed by atoms with Crippen LogP contribution in [-0.4, -0.2) is 47.2 Å². The predicted molar refractivity (Wildman–Crippen MR) is 75.1 cm³/mol. The Bertz CT molecular complexity index is 518. The fourth-order valence-electron chi connectivity index (χ4n) is 1.50. The molecule has 0 fully saturated rings. The first-order chi connectivity index (χ1) is 9.93. The number of halogens is 1. The van der Waals surface area contributed by atoms with E-state index in [2.05, 4.69) is 10.6 Å². The summed E-state index contributed by atoms with van der Waals surface area (Å²) in [5.74, 6) is -2.38. The SMILES string of the molecule is O=C(CNC(=O)c1ccc(Cl)cc1)NC(CCO)C(=O)O. The highest BCUT2D eigenvalue weighted by Crippen LogP contribution is 2.09. The third-order valence-electron chi connectivity index (χ3n) is 2.57. The molecule has 1 aromatic rings. The predicted octanol–water partition coefficient (Wildman–Crippen LogP) is 0.0216. The van der Waals surface area contributed by atoms with Gasteiger partial charge in [0.05, 0.1) is 6.54 Å². The van der Waals surface area contributed by atoms with Gasteiger partial charge in [-0.25, -0.2) is 4.79 Å². The molecular formula is C13H15ClN2O5. The van der Waals surface area contributed by atoms with Crippen LogP contribution < -0.4 is 10.6 Å². The molecule has 1 atom stereocenters. The number of hydrogen-bond donors (Lipinski definition) is 4. The molecule has 0 heterocycles. The number of carboxylic acids is 1. The number of rotatable bonds is 7. The number of hydrogen-bond acceptors (Lipinski definition) is 4. The van der Waals surface area contributed by atoms with E-state index in [0.29, 0.717) is 10.6 Å². The van der Waals surface area contributed by atoms with E-state index >= 15 is 0 Å². The summed E-state index contributed by atoms with van der Waals surface area (Å²) in [5.41, 5.74) is 0.331. The first-order valence-electron chi connectivity index (χ1n) is 6.11. The molecule has 0 bridgehead atoms. The Morgan fingerprint density at radius 1 is 1.19 bits per heavy atom. The molecule has 0 aliphatic rings. The Kier molecular flexibility index (Phi) is 6.64. The minimum Gasteiger partial charge on any atom is -0.480 e. The van der Waals surface area contributed by atoms with Crippen LogP contribution in [0.3, 0.4) is 0 Å². The normalized spacial score (nSPS) is 11.5. The van der Waals surface area contributed by atoms with E-state index < -0.39 is 23.8 Å². The van der Waals surface area contributed by atoms with Gasteiger partial charge in [-0.1, -0.05) is 11.6 Å². The van der Waals surface area contributed by atoms with E-state index in [1.54, 1.807) is 0 Å². The Labute approximate surface area is 125 Å². The molecule has 0 saturated carbocycles. The summed E-state index contributed by atoms with van der Waals surface area (Å²) < 4.78 is 0. The molecule has 0 aliphatic heterocycles. The molecule has 1 aromatic carbocycles. The standard InChI is InChI=1S/C13H15ClN2O5/c14-9-3-1-8(2-4-9)12(19)15-7-11(18)16-10(5-6-17)13(20)21/h1-4,10,17H,5-7H2,(H,15,19)(H,16,18)(H,20,21). The van der Waals surface area contributed by atoms with Crippen LogP contribution >= 0.6 is 11.6 Å². The van der Waals surface area contributed by atoms with Crippen LogP contribution in [0.4, 0.5) is 0 Å². The van der Waals surface area contributed by atoms with Crippen molar-refractivity contribution in [2.45, 2.75) is 12.5 Å². The van der Waals surface area contributed by atoms with Crippen molar-refractivity contribution in [1.29, 1.82) is 0 Å². The van der Waals surface area contributed by atoms with Crippen LogP contribution in [0.2, 0.25) is 5.02 Å². The van der Waals surface area contributed by atoms with Crippen molar-refractivity contribution in [2.75, 3.05) is 13.2 Å². The van der Waals surface area contributed by atoms with Gasteiger partial charge in [-0.3, -0.25) is 9.59 Å². The third-order valence-corrected chi connectivity index (χ3v) is 2.82. The largest absolute Gasteiger partial charge is 0.480 e. The summed E-state index contributed by atoms with van der Waals surface area (Å²) in [5, 5.41) is 22.5. The molecular weight excluding hydrogens is 300 g/mol. The van der Waals surface area contributed by atoms with Gasteiger partial charge in [0, 0.05) is 23.6 Å². The van der Waals surface area contributed by atoms with Gasteiger partial charge < -0.3 is 20.8 Å². The van der Waals surface area contributed by atoms with Gasteiger partial charge in [-0.2, -0.15) is 0 Å². The van der Waals surface area contributed by atoms with Crippen molar-refractivity contribution in [3.8, 4) is 0 Å². The molecule has 114 valence electrons. The highest BCUT2D eigenvalue weighted by Gasteiger charge is 2.19. The summed E-state index contributed by atoms with van der Waals surface area (Å²) in [6.45, 7) is -0.731. The van der Waals surface area contributed by atoms with E-state index in [9.17, 15) is 14.4 Å². The molecule has 0 radical (unpaired) electrons. The van der Waals surface area contributed by atoms with E-state index in [1.807, 2.05) is 0 Å². The van der Waals surface area contributed by atoms with Crippen molar-refractivity contribution in [3.63, 3.8) is 0 Å². The third kappa shape index (κ3) is 5.80. The molecule has 0 aromatic heterocycles. The van der Waals surface area contributed by atoms with Crippen molar-refractivity contribution in [3.05, 3.63) is 34.9 Å². The lowest BCUT2D eigenvalue weighted by atomic mass is 10.2. The number of carbonyl (C=O) groups is 3. The fourth-order valence-corrected chi connectivity index (χ4v) is 1.62. The average Bonchev–Trinajstić information content (AvgIpc) is 2.45. The molecule has 1 rings (SSSR count). The van der Waals surface area contributed by atoms with Crippen molar-refractivity contribution < 1.29 is 24.6 Å². The monoisotopic (exact) mass is 314 g/mol. The lowest BCUT2D eigenvalue weighted by Gasteiger charge is -2.13. The van der Waals surface area contributed by atoms with E-state index in [0.717, 1.165) is 0 Å². The van der Waals surface area contributed by atoms with Crippen molar-refractivity contribution in [2.24, 2.45) is 0 Å². The summed E-state index contributed by atoms with van der Waals surface area (Å²) in [6.07, 6.45) is -0.105. The zero-order chi connectivity index (χ0) is 15.8. The maximum Gasteiger partial charge on any atom is 0.326 e. The van der Waals surface area contributed by atoms with Crippen LogP contribution in [0, 0.1) is 0 Å². The first kappa shape index (κ1) is 16.9. The molecule has 1 unspecified atom stereocenters. The number of nitrogens with one attached hydrogen (secondary N) is 2. The molecule has 21 heavy (non-hydrogen) atoms. The lowest BCUT2D eigenvalue weighted by molar-refractivity contribution is -0.142. The van der Waals surface area contributed by atoms with E-state index in [-0.39, 0.29) is 19.6 Å². The number of aliphatic hydroxyl groups is 1. The molecule has 0 aliphatic carbocycles. The van der Waals surface area contributed by atoms with Crippen LogP contribution in [0.1, 0.15) is 16.8 Å². The second-order valence-electron chi connectivity index (χ2n) is 4.16. The Morgan fingerprint density at radius 2 is 1.81 bits per heavy atom. The Balaban J connectivity index is 2.46. The zero-order valence-corrected chi connectivity index (χ0v) is 11.8. The number of amides is 2. The van der Waals surface area contributed by atoms with Crippen LogP contribution in [0.5, 0.6) is 0 Å². The van der Waals surface area contributed by atoms with Crippen molar-refractivity contribution >= 4 is 29.4 Å². The maximum atomic E-state index is 11.7. The molecule has 2 amide bonds. The number of carbonyl (C=O) groups excluding carboxylic acids is 2. The number of carboxylic acid groups (broad SMARTS) is 1. The zero-order valence-electron chi connectivity index (χ0n) is 11.0. The lowest BCUT2D eigenvalue weighted by Crippen LogP contribution is -2.45. The quantitative estimate of drug-likeness (QED) is 0.566.